The predicted molar refractivity (Wildman–Crippen MR) is 560 cm³/mol. The van der Waals surface area contributed by atoms with Gasteiger partial charge in [0.15, 0.2) is 34.9 Å². The molecule has 0 aliphatic carbocycles. The first kappa shape index (κ1) is 76.9. The lowest BCUT2D eigenvalue weighted by molar-refractivity contribution is 0.593. The minimum Gasteiger partial charge on any atom is -0.309 e. The first-order chi connectivity index (χ1) is 66.0. The molecular weight excluding hydrogens is 1670 g/mol. The molecule has 0 radical (unpaired) electrons. The van der Waals surface area contributed by atoms with Crippen LogP contribution in [0.3, 0.4) is 0 Å². The lowest BCUT2D eigenvalue weighted by Gasteiger charge is -2.42. The first-order valence-electron chi connectivity index (χ1n) is 48.8. The number of nitrogens with zero attached hydrogens (tertiary/aromatic N) is 11. The maximum absolute atomic E-state index is 5.95. The second-order valence-electron chi connectivity index (χ2n) is 45.0. The summed E-state index contributed by atoms with van der Waals surface area (Å²) in [5.74, 6) is 3.80. The molecule has 23 aromatic rings. The van der Waals surface area contributed by atoms with Gasteiger partial charge in [-0.1, -0.05) is 293 Å². The van der Waals surface area contributed by atoms with E-state index in [1.807, 2.05) is 0 Å². The highest BCUT2D eigenvalue weighted by Gasteiger charge is 2.50. The molecule has 16 aromatic carbocycles. The molecule has 0 unspecified atom stereocenters. The first-order valence-corrected chi connectivity index (χ1v) is 48.8. The van der Waals surface area contributed by atoms with Crippen molar-refractivity contribution in [1.29, 1.82) is 0 Å². The Morgan fingerprint density at radius 2 is 0.394 bits per heavy atom. The van der Waals surface area contributed by atoms with Gasteiger partial charge in [-0.2, -0.15) is 0 Å². The summed E-state index contributed by atoms with van der Waals surface area (Å²) < 4.78 is 12.9. The Bertz CT molecular complexity index is 9790. The Morgan fingerprint density at radius 1 is 0.153 bits per heavy atom. The summed E-state index contributed by atoms with van der Waals surface area (Å²) in [6, 6.07) is 109. The third-order valence-electron chi connectivity index (χ3n) is 35.1. The van der Waals surface area contributed by atoms with Crippen LogP contribution in [0.25, 0.3) is 217 Å². The zero-order chi connectivity index (χ0) is 92.1. The summed E-state index contributed by atoms with van der Waals surface area (Å²) in [6.45, 7) is 38.7. The van der Waals surface area contributed by atoms with Gasteiger partial charge in [0.25, 0.3) is 0 Å². The average Bonchev–Trinajstić information content (AvgIpc) is 1.52. The molecule has 654 valence electrons. The molecule has 31 rings (SSSR count). The van der Waals surface area contributed by atoms with Crippen LogP contribution in [0.2, 0.25) is 0 Å². The van der Waals surface area contributed by atoms with E-state index in [0.717, 1.165) is 55.4 Å². The third kappa shape index (κ3) is 9.05. The van der Waals surface area contributed by atoms with Crippen molar-refractivity contribution in [3.8, 4) is 108 Å². The van der Waals surface area contributed by atoms with Crippen molar-refractivity contribution in [2.75, 3.05) is 0 Å². The second kappa shape index (κ2) is 24.4. The van der Waals surface area contributed by atoms with Gasteiger partial charge in [-0.15, -0.1) is 0 Å². The predicted octanol–water partition coefficient (Wildman–Crippen LogP) is 30.3. The van der Waals surface area contributed by atoms with E-state index in [1.54, 1.807) is 0 Å². The fourth-order valence-corrected chi connectivity index (χ4v) is 28.0. The van der Waals surface area contributed by atoms with Crippen molar-refractivity contribution in [3.63, 3.8) is 0 Å². The van der Waals surface area contributed by atoms with E-state index in [9.17, 15) is 0 Å². The Labute approximate surface area is 792 Å². The van der Waals surface area contributed by atoms with Crippen LogP contribution < -0.4 is 0 Å². The second-order valence-corrected chi connectivity index (χ2v) is 45.0. The SMILES string of the molecule is CC1(C)c2ccccc2-n2c3ccccc3c3cc(-c4nc(-c5cc6c7c(c5)c5ccccc5n7-c5ccc(-c7cc8c9c(c7)c7cc(-c%10nc(-c%11ccccc%11)nc(-c%11cc%12c%13c(c%11)c%11cccc%14c%11n%13-c%11c(cccc%11C%12(C)C)C%14(C)C)n%10)cc%10c7n9-c7c(cccc7C%10(C)C)C8(C)C)cc5C6(C)C)nc(-c5cc6c7c(c5)c5cccc8c5n7-c5c(cccc5C6(C)C)C8(C)C)n4)cc1c32. The molecule has 7 aromatic heterocycles. The highest BCUT2D eigenvalue weighted by atomic mass is 15.1. The molecule has 0 saturated carbocycles. The number of hydrogen-bond donors (Lipinski definition) is 0. The molecule has 0 N–H and O–H groups in total. The molecule has 15 heterocycles. The summed E-state index contributed by atoms with van der Waals surface area (Å²) in [5, 5.41) is 12.0. The smallest absolute Gasteiger partial charge is 0.164 e. The molecule has 11 heteroatoms. The quantitative estimate of drug-likeness (QED) is 0.158. The molecular formula is C126H95N11. The standard InChI is InChI=1S/C126H95N11/c1-119(2)82-37-22-25-48-100(82)133-98-46-23-20-33-72(98)76-52-67(59-93(119)104(76)133)116-130-117(132-118(131-116)70-55-79-75-36-27-39-84-103(75)136-107(79)96(62-70)124(11,12)88-43-29-41-86(111(88)136)121(84,5)6)68-53-77-73-34-21-24-47-99(73)134-101-50-49-65(57-91(101)126(15,16)94(60-68)105(77)134)66-51-80-81-56-71(63-97-109(81)137-108(80)92(58-66)122(7,8)89-44-30-45-90(112(89)137)125(97,13)14)115-128-113(64-31-18-17-19-32-64)127-114(129-115)69-54-78-74-35-26-38-83-102(74)135-106(78)95(61-69)123(9,10)87-42-28-40-85(110(87)135)120(83,3)4/h17-63H,1-16H3. The number of hydrogen-bond acceptors (Lipinski definition) is 6. The topological polar surface area (TPSA) is 102 Å². The zero-order valence-corrected chi connectivity index (χ0v) is 79.6. The van der Waals surface area contributed by atoms with E-state index in [-0.39, 0.29) is 27.1 Å². The van der Waals surface area contributed by atoms with Crippen LogP contribution in [-0.4, -0.2) is 52.7 Å². The molecule has 0 saturated heterocycles. The number of rotatable bonds is 7. The summed E-state index contributed by atoms with van der Waals surface area (Å²) in [7, 11) is 0. The number of para-hydroxylation sites is 8. The maximum atomic E-state index is 5.95. The van der Waals surface area contributed by atoms with Gasteiger partial charge in [0.05, 0.1) is 83.6 Å². The minimum atomic E-state index is -0.575. The molecule has 0 spiro atoms. The van der Waals surface area contributed by atoms with Crippen LogP contribution in [0.5, 0.6) is 0 Å². The van der Waals surface area contributed by atoms with Gasteiger partial charge in [0, 0.05) is 131 Å². The van der Waals surface area contributed by atoms with Crippen molar-refractivity contribution in [3.05, 3.63) is 374 Å². The molecule has 0 bridgehead atoms. The van der Waals surface area contributed by atoms with E-state index < -0.39 is 16.2 Å². The molecule has 8 aliphatic rings. The summed E-state index contributed by atoms with van der Waals surface area (Å²) in [6.07, 6.45) is 0. The number of benzene rings is 16. The maximum Gasteiger partial charge on any atom is 0.164 e. The van der Waals surface area contributed by atoms with Crippen molar-refractivity contribution in [2.24, 2.45) is 0 Å². The van der Waals surface area contributed by atoms with Gasteiger partial charge in [0.2, 0.25) is 0 Å². The van der Waals surface area contributed by atoms with E-state index in [0.29, 0.717) is 34.9 Å². The minimum absolute atomic E-state index is 0.204. The zero-order valence-electron chi connectivity index (χ0n) is 79.6. The highest BCUT2D eigenvalue weighted by molar-refractivity contribution is 6.21. The monoisotopic (exact) mass is 1760 g/mol. The van der Waals surface area contributed by atoms with Gasteiger partial charge < -0.3 is 22.8 Å². The van der Waals surface area contributed by atoms with Gasteiger partial charge in [0.1, 0.15) is 0 Å². The Balaban J connectivity index is 0.608. The third-order valence-corrected chi connectivity index (χ3v) is 35.1. The average molecular weight is 1760 g/mol. The van der Waals surface area contributed by atoms with E-state index in [2.05, 4.69) is 419 Å². The van der Waals surface area contributed by atoms with Gasteiger partial charge >= 0.3 is 0 Å². The summed E-state index contributed by atoms with van der Waals surface area (Å²) >= 11 is 0. The van der Waals surface area contributed by atoms with Crippen molar-refractivity contribution in [2.45, 2.75) is 154 Å². The Kier molecular flexibility index (Phi) is 13.7. The van der Waals surface area contributed by atoms with E-state index in [4.69, 9.17) is 29.9 Å². The largest absolute Gasteiger partial charge is 0.309 e. The van der Waals surface area contributed by atoms with Crippen molar-refractivity contribution >= 4 is 109 Å². The fourth-order valence-electron chi connectivity index (χ4n) is 28.0. The molecule has 137 heavy (non-hydrogen) atoms. The van der Waals surface area contributed by atoms with Crippen LogP contribution in [0, 0.1) is 0 Å². The molecule has 0 atom stereocenters. The molecule has 11 nitrogen and oxygen atoms in total. The molecule has 8 aliphatic heterocycles. The lowest BCUT2D eigenvalue weighted by atomic mass is 9.68. The summed E-state index contributed by atoms with van der Waals surface area (Å²) in [5.41, 5.74) is 44.4. The Morgan fingerprint density at radius 3 is 0.781 bits per heavy atom. The Hall–Kier alpha value is -15.5. The normalized spacial score (nSPS) is 16.9. The lowest BCUT2D eigenvalue weighted by Crippen LogP contribution is -2.33. The van der Waals surface area contributed by atoms with Gasteiger partial charge in [-0.3, -0.25) is 0 Å². The van der Waals surface area contributed by atoms with Crippen LogP contribution in [0.15, 0.2) is 285 Å². The van der Waals surface area contributed by atoms with Crippen molar-refractivity contribution in [1.82, 2.24) is 52.7 Å². The van der Waals surface area contributed by atoms with Crippen LogP contribution >= 0.6 is 0 Å². The molecule has 0 fully saturated rings. The van der Waals surface area contributed by atoms with Gasteiger partial charge in [-0.05, 0) is 203 Å². The number of fused-ring (bicyclic) bond motifs is 13. The van der Waals surface area contributed by atoms with Gasteiger partial charge in [-0.25, -0.2) is 29.9 Å². The van der Waals surface area contributed by atoms with Crippen LogP contribution in [0.1, 0.15) is 200 Å². The molecule has 0 amide bonds. The van der Waals surface area contributed by atoms with Crippen molar-refractivity contribution < 1.29 is 0 Å². The number of aromatic nitrogens is 11. The van der Waals surface area contributed by atoms with Crippen LogP contribution in [-0.2, 0) is 43.3 Å². The fraction of sp³-hybridized carbons (Fsp3) is 0.190. The van der Waals surface area contributed by atoms with E-state index in [1.165, 1.54) is 216 Å². The highest BCUT2D eigenvalue weighted by Crippen LogP contribution is 2.63. The van der Waals surface area contributed by atoms with Crippen LogP contribution in [0.4, 0.5) is 0 Å². The summed E-state index contributed by atoms with van der Waals surface area (Å²) in [4.78, 5) is 34.8. The van der Waals surface area contributed by atoms with E-state index >= 15 is 0 Å².